The minimum absolute atomic E-state index is 0. The summed E-state index contributed by atoms with van der Waals surface area (Å²) < 4.78 is 19.6. The highest BCUT2D eigenvalue weighted by Gasteiger charge is 2.20. The van der Waals surface area contributed by atoms with E-state index in [0.29, 0.717) is 29.8 Å². The van der Waals surface area contributed by atoms with E-state index in [2.05, 4.69) is 9.97 Å². The Morgan fingerprint density at radius 1 is 1.33 bits per heavy atom. The molecule has 0 saturated heterocycles. The average molecular weight is 375 g/mol. The maximum absolute atomic E-state index is 14.1. The third kappa shape index (κ3) is 4.33. The zero-order valence-corrected chi connectivity index (χ0v) is 14.7. The van der Waals surface area contributed by atoms with Crippen LogP contribution >= 0.6 is 24.0 Å². The van der Waals surface area contributed by atoms with Crippen LogP contribution < -0.4 is 4.74 Å². The van der Waals surface area contributed by atoms with Gasteiger partial charge in [0.25, 0.3) is 0 Å². The van der Waals surface area contributed by atoms with Crippen LogP contribution in [0.25, 0.3) is 0 Å². The number of aryl methyl sites for hydroxylation is 1. The van der Waals surface area contributed by atoms with Gasteiger partial charge in [-0.25, -0.2) is 14.2 Å². The van der Waals surface area contributed by atoms with E-state index >= 15 is 0 Å². The number of rotatable bonds is 6. The van der Waals surface area contributed by atoms with Gasteiger partial charge in [-0.1, -0.05) is 30.7 Å². The molecule has 0 saturated carbocycles. The number of carbonyl (C=O) groups is 1. The molecule has 0 spiro atoms. The molecule has 1 N–H and O–H groups in total. The first-order valence-electron chi connectivity index (χ1n) is 7.16. The van der Waals surface area contributed by atoms with Gasteiger partial charge in [0.2, 0.25) is 11.7 Å². The molecule has 1 heterocycles. The fourth-order valence-corrected chi connectivity index (χ4v) is 2.40. The minimum Gasteiger partial charge on any atom is -0.478 e. The van der Waals surface area contributed by atoms with Crippen molar-refractivity contribution in [1.29, 1.82) is 0 Å². The largest absolute Gasteiger partial charge is 0.478 e. The Hall–Kier alpha value is -1.92. The van der Waals surface area contributed by atoms with Gasteiger partial charge in [0.15, 0.2) is 0 Å². The molecular formula is C16H17Cl2FN2O3. The van der Waals surface area contributed by atoms with Gasteiger partial charge in [-0.05, 0) is 25.0 Å². The van der Waals surface area contributed by atoms with Crippen LogP contribution in [0.15, 0.2) is 18.2 Å². The molecule has 0 aliphatic rings. The predicted molar refractivity (Wildman–Crippen MR) is 91.0 cm³/mol. The molecule has 24 heavy (non-hydrogen) atoms. The number of nitrogens with zero attached hydrogens (tertiary/aromatic N) is 2. The molecule has 0 unspecified atom stereocenters. The first kappa shape index (κ1) is 20.1. The van der Waals surface area contributed by atoms with Crippen LogP contribution in [0.1, 0.15) is 41.3 Å². The lowest BCUT2D eigenvalue weighted by atomic mass is 10.0. The summed E-state index contributed by atoms with van der Waals surface area (Å²) in [7, 11) is 0. The van der Waals surface area contributed by atoms with Crippen LogP contribution in [0.3, 0.4) is 0 Å². The number of carboxylic acid groups (broad SMARTS) is 1. The molecule has 130 valence electrons. The van der Waals surface area contributed by atoms with Gasteiger partial charge in [0, 0.05) is 12.0 Å². The lowest BCUT2D eigenvalue weighted by Gasteiger charge is -2.14. The molecule has 8 heteroatoms. The second-order valence-corrected chi connectivity index (χ2v) is 5.17. The molecule has 2 rings (SSSR count). The number of hydrogen-bond acceptors (Lipinski definition) is 4. The second kappa shape index (κ2) is 8.80. The Labute approximate surface area is 150 Å². The topological polar surface area (TPSA) is 72.3 Å². The van der Waals surface area contributed by atoms with Gasteiger partial charge in [-0.15, -0.1) is 12.4 Å². The van der Waals surface area contributed by atoms with Crippen LogP contribution in [0.5, 0.6) is 5.88 Å². The summed E-state index contributed by atoms with van der Waals surface area (Å²) in [6.07, 6.45) is 0.644. The molecule has 0 aliphatic carbocycles. The van der Waals surface area contributed by atoms with Crippen molar-refractivity contribution in [3.8, 4) is 5.88 Å². The number of aromatic nitrogens is 2. The van der Waals surface area contributed by atoms with Gasteiger partial charge in [-0.2, -0.15) is 4.98 Å². The minimum atomic E-state index is -1.24. The smallest absolute Gasteiger partial charge is 0.374 e. The van der Waals surface area contributed by atoms with Crippen molar-refractivity contribution in [2.75, 3.05) is 6.61 Å². The molecule has 1 aromatic heterocycles. The highest BCUT2D eigenvalue weighted by molar-refractivity contribution is 6.30. The monoisotopic (exact) mass is 374 g/mol. The van der Waals surface area contributed by atoms with Gasteiger partial charge in [-0.3, -0.25) is 0 Å². The lowest BCUT2D eigenvalue weighted by Crippen LogP contribution is -2.13. The fraction of sp³-hybridized carbons (Fsp3) is 0.312. The van der Waals surface area contributed by atoms with E-state index in [9.17, 15) is 9.18 Å². The standard InChI is InChI=1S/C16H16ClFN2O3.ClH/c1-3-12-10(8-9-6-5-7-11(17)13(9)18)15(23-4-2)20-14(19-12)16(21)22;/h5-7H,3-4,8H2,1-2H3,(H,21,22);1H. The highest BCUT2D eigenvalue weighted by Crippen LogP contribution is 2.27. The Balaban J connectivity index is 0.00000288. The first-order chi connectivity index (χ1) is 11.0. The molecule has 1 aromatic carbocycles. The van der Waals surface area contributed by atoms with E-state index in [1.807, 2.05) is 6.92 Å². The summed E-state index contributed by atoms with van der Waals surface area (Å²) >= 11 is 5.81. The van der Waals surface area contributed by atoms with Crippen molar-refractivity contribution in [1.82, 2.24) is 9.97 Å². The number of hydrogen-bond donors (Lipinski definition) is 1. The van der Waals surface area contributed by atoms with Crippen molar-refractivity contribution in [2.45, 2.75) is 26.7 Å². The van der Waals surface area contributed by atoms with Crippen LogP contribution in [0.2, 0.25) is 5.02 Å². The van der Waals surface area contributed by atoms with Gasteiger partial charge in [0.05, 0.1) is 17.3 Å². The van der Waals surface area contributed by atoms with Crippen molar-refractivity contribution in [3.05, 3.63) is 51.7 Å². The summed E-state index contributed by atoms with van der Waals surface area (Å²) in [6.45, 7) is 3.91. The zero-order chi connectivity index (χ0) is 17.0. The van der Waals surface area contributed by atoms with Crippen LogP contribution in [0.4, 0.5) is 4.39 Å². The Morgan fingerprint density at radius 3 is 2.62 bits per heavy atom. The van der Waals surface area contributed by atoms with Crippen molar-refractivity contribution < 1.29 is 19.0 Å². The quantitative estimate of drug-likeness (QED) is 0.828. The molecule has 0 amide bonds. The maximum Gasteiger partial charge on any atom is 0.374 e. The Bertz CT molecular complexity index is 742. The van der Waals surface area contributed by atoms with E-state index in [1.165, 1.54) is 6.07 Å². The molecule has 0 radical (unpaired) electrons. The second-order valence-electron chi connectivity index (χ2n) is 4.76. The zero-order valence-electron chi connectivity index (χ0n) is 13.2. The molecule has 0 atom stereocenters. The van der Waals surface area contributed by atoms with E-state index in [-0.39, 0.29) is 35.6 Å². The normalized spacial score (nSPS) is 10.2. The third-order valence-electron chi connectivity index (χ3n) is 3.26. The molecule has 0 bridgehead atoms. The van der Waals surface area contributed by atoms with Crippen LogP contribution in [-0.4, -0.2) is 27.7 Å². The average Bonchev–Trinajstić information content (AvgIpc) is 2.53. The summed E-state index contributed by atoms with van der Waals surface area (Å²) in [5.41, 5.74) is 1.46. The molecule has 0 fully saturated rings. The van der Waals surface area contributed by atoms with Crippen molar-refractivity contribution in [3.63, 3.8) is 0 Å². The molecular weight excluding hydrogens is 358 g/mol. The lowest BCUT2D eigenvalue weighted by molar-refractivity contribution is 0.0681. The SMILES string of the molecule is CCOc1nc(C(=O)O)nc(CC)c1Cc1cccc(Cl)c1F.Cl. The number of halogens is 3. The fourth-order valence-electron chi connectivity index (χ4n) is 2.20. The van der Waals surface area contributed by atoms with Gasteiger partial charge >= 0.3 is 5.97 Å². The summed E-state index contributed by atoms with van der Waals surface area (Å²) in [4.78, 5) is 19.1. The van der Waals surface area contributed by atoms with E-state index in [1.54, 1.807) is 19.1 Å². The van der Waals surface area contributed by atoms with E-state index < -0.39 is 11.8 Å². The van der Waals surface area contributed by atoms with E-state index in [4.69, 9.17) is 21.4 Å². The van der Waals surface area contributed by atoms with Crippen LogP contribution in [-0.2, 0) is 12.8 Å². The first-order valence-corrected chi connectivity index (χ1v) is 7.54. The highest BCUT2D eigenvalue weighted by atomic mass is 35.5. The van der Waals surface area contributed by atoms with E-state index in [0.717, 1.165) is 0 Å². The molecule has 5 nitrogen and oxygen atoms in total. The summed E-state index contributed by atoms with van der Waals surface area (Å²) in [5, 5.41) is 9.13. The molecule has 2 aromatic rings. The van der Waals surface area contributed by atoms with Gasteiger partial charge in [0.1, 0.15) is 5.82 Å². The van der Waals surface area contributed by atoms with Crippen molar-refractivity contribution >= 4 is 30.0 Å². The number of carboxylic acids is 1. The molecule has 0 aliphatic heterocycles. The Morgan fingerprint density at radius 2 is 2.04 bits per heavy atom. The number of ether oxygens (including phenoxy) is 1. The maximum atomic E-state index is 14.1. The Kier molecular flexibility index (Phi) is 7.38. The number of aromatic carboxylic acids is 1. The van der Waals surface area contributed by atoms with Crippen molar-refractivity contribution in [2.24, 2.45) is 0 Å². The summed E-state index contributed by atoms with van der Waals surface area (Å²) in [6, 6.07) is 4.73. The van der Waals surface area contributed by atoms with Gasteiger partial charge < -0.3 is 9.84 Å². The third-order valence-corrected chi connectivity index (χ3v) is 3.55. The number of benzene rings is 1. The van der Waals surface area contributed by atoms with Crippen LogP contribution in [0, 0.1) is 5.82 Å². The summed E-state index contributed by atoms with van der Waals surface area (Å²) in [5.74, 6) is -1.92. The predicted octanol–water partition coefficient (Wildman–Crippen LogP) is 3.94.